The quantitative estimate of drug-likeness (QED) is 0.889. The summed E-state index contributed by atoms with van der Waals surface area (Å²) in [4.78, 5) is 2.47. The van der Waals surface area contributed by atoms with Crippen molar-refractivity contribution in [1.29, 1.82) is 0 Å². The first-order valence-electron chi connectivity index (χ1n) is 7.84. The normalized spacial score (nSPS) is 24.6. The van der Waals surface area contributed by atoms with Gasteiger partial charge < -0.3 is 5.32 Å². The minimum absolute atomic E-state index is 0.0590. The zero-order chi connectivity index (χ0) is 15.1. The van der Waals surface area contributed by atoms with Crippen molar-refractivity contribution in [3.05, 3.63) is 34.6 Å². The van der Waals surface area contributed by atoms with E-state index in [1.54, 1.807) is 12.1 Å². The van der Waals surface area contributed by atoms with Crippen LogP contribution in [0.1, 0.15) is 45.1 Å². The molecule has 1 spiro atoms. The van der Waals surface area contributed by atoms with Gasteiger partial charge in [0, 0.05) is 35.7 Å². The van der Waals surface area contributed by atoms with Crippen LogP contribution in [0.5, 0.6) is 0 Å². The summed E-state index contributed by atoms with van der Waals surface area (Å²) in [6.07, 6.45) is 5.11. The van der Waals surface area contributed by atoms with Crippen molar-refractivity contribution >= 4 is 11.6 Å². The van der Waals surface area contributed by atoms with E-state index in [9.17, 15) is 4.39 Å². The number of benzene rings is 1. The lowest BCUT2D eigenvalue weighted by Gasteiger charge is -2.51. The van der Waals surface area contributed by atoms with Crippen molar-refractivity contribution in [2.24, 2.45) is 0 Å². The molecule has 1 aromatic carbocycles. The van der Waals surface area contributed by atoms with Crippen LogP contribution in [0.3, 0.4) is 0 Å². The van der Waals surface area contributed by atoms with Gasteiger partial charge in [0.15, 0.2) is 0 Å². The number of piperazine rings is 1. The molecule has 1 aromatic rings. The average molecular weight is 311 g/mol. The lowest BCUT2D eigenvalue weighted by atomic mass is 9.87. The summed E-state index contributed by atoms with van der Waals surface area (Å²) in [5.74, 6) is -0.210. The lowest BCUT2D eigenvalue weighted by molar-refractivity contribution is 0.0217. The lowest BCUT2D eigenvalue weighted by Crippen LogP contribution is -2.66. The zero-order valence-electron chi connectivity index (χ0n) is 12.9. The fourth-order valence-corrected chi connectivity index (χ4v) is 3.85. The Morgan fingerprint density at radius 3 is 2.71 bits per heavy atom. The largest absolute Gasteiger partial charge is 0.308 e. The highest BCUT2D eigenvalue weighted by Gasteiger charge is 2.44. The van der Waals surface area contributed by atoms with E-state index in [0.717, 1.165) is 18.7 Å². The van der Waals surface area contributed by atoms with Gasteiger partial charge in [-0.2, -0.15) is 0 Å². The van der Waals surface area contributed by atoms with Crippen molar-refractivity contribution in [2.75, 3.05) is 13.1 Å². The molecule has 0 aromatic heterocycles. The first kappa shape index (κ1) is 15.3. The van der Waals surface area contributed by atoms with Crippen molar-refractivity contribution < 1.29 is 4.39 Å². The molecule has 2 aliphatic rings. The number of hydrogen-bond acceptors (Lipinski definition) is 2. The standard InChI is InChI=1S/C17H24ClFN2/c1-16(2)11-20-17(7-3-4-8-17)12-21(16)10-13-9-14(19)5-6-15(13)18/h5-6,9,20H,3-4,7-8,10-12H2,1-2H3. The van der Waals surface area contributed by atoms with Gasteiger partial charge in [-0.15, -0.1) is 0 Å². The molecule has 0 unspecified atom stereocenters. The van der Waals surface area contributed by atoms with Crippen LogP contribution in [-0.4, -0.2) is 29.1 Å². The predicted molar refractivity (Wildman–Crippen MR) is 85.1 cm³/mol. The van der Waals surface area contributed by atoms with Gasteiger partial charge in [0.1, 0.15) is 5.82 Å². The van der Waals surface area contributed by atoms with E-state index in [1.165, 1.54) is 31.7 Å². The Kier molecular flexibility index (Phi) is 4.02. The highest BCUT2D eigenvalue weighted by Crippen LogP contribution is 2.36. The topological polar surface area (TPSA) is 15.3 Å². The molecule has 3 rings (SSSR count). The van der Waals surface area contributed by atoms with Crippen molar-refractivity contribution in [3.63, 3.8) is 0 Å². The summed E-state index contributed by atoms with van der Waals surface area (Å²) in [6, 6.07) is 4.65. The maximum absolute atomic E-state index is 13.5. The van der Waals surface area contributed by atoms with E-state index < -0.39 is 0 Å². The molecule has 1 aliphatic carbocycles. The van der Waals surface area contributed by atoms with E-state index in [4.69, 9.17) is 11.6 Å². The fourth-order valence-electron chi connectivity index (χ4n) is 3.68. The molecule has 0 atom stereocenters. The third-order valence-corrected chi connectivity index (χ3v) is 5.54. The maximum atomic E-state index is 13.5. The van der Waals surface area contributed by atoms with Crippen LogP contribution < -0.4 is 5.32 Å². The zero-order valence-corrected chi connectivity index (χ0v) is 13.6. The van der Waals surface area contributed by atoms with Crippen molar-refractivity contribution in [3.8, 4) is 0 Å². The molecule has 0 radical (unpaired) electrons. The highest BCUT2D eigenvalue weighted by molar-refractivity contribution is 6.31. The Bertz CT molecular complexity index is 524. The van der Waals surface area contributed by atoms with Gasteiger partial charge in [0.05, 0.1) is 0 Å². The molecule has 1 N–H and O–H groups in total. The monoisotopic (exact) mass is 310 g/mol. The van der Waals surface area contributed by atoms with Crippen LogP contribution in [0, 0.1) is 5.82 Å². The van der Waals surface area contributed by atoms with Crippen LogP contribution in [0.4, 0.5) is 4.39 Å². The molecular formula is C17H24ClFN2. The third-order valence-electron chi connectivity index (χ3n) is 5.18. The van der Waals surface area contributed by atoms with Crippen LogP contribution in [0.25, 0.3) is 0 Å². The van der Waals surface area contributed by atoms with Crippen LogP contribution >= 0.6 is 11.6 Å². The van der Waals surface area contributed by atoms with E-state index in [0.29, 0.717) is 11.6 Å². The summed E-state index contributed by atoms with van der Waals surface area (Å²) >= 11 is 6.25. The van der Waals surface area contributed by atoms with Crippen LogP contribution in [-0.2, 0) is 6.54 Å². The van der Waals surface area contributed by atoms with E-state index in [2.05, 4.69) is 24.1 Å². The second-order valence-electron chi connectivity index (χ2n) is 7.25. The smallest absolute Gasteiger partial charge is 0.123 e. The van der Waals surface area contributed by atoms with E-state index >= 15 is 0 Å². The second kappa shape index (κ2) is 5.53. The summed E-state index contributed by atoms with van der Waals surface area (Å²) in [5.41, 5.74) is 1.21. The second-order valence-corrected chi connectivity index (χ2v) is 7.65. The van der Waals surface area contributed by atoms with E-state index in [-0.39, 0.29) is 16.9 Å². The Morgan fingerprint density at radius 1 is 1.29 bits per heavy atom. The number of nitrogens with zero attached hydrogens (tertiary/aromatic N) is 1. The van der Waals surface area contributed by atoms with Crippen LogP contribution in [0.2, 0.25) is 5.02 Å². The summed E-state index contributed by atoms with van der Waals surface area (Å²) in [5, 5.41) is 4.44. The molecule has 2 fully saturated rings. The predicted octanol–water partition coefficient (Wildman–Crippen LogP) is 3.98. The number of hydrogen-bond donors (Lipinski definition) is 1. The Labute approximate surface area is 131 Å². The maximum Gasteiger partial charge on any atom is 0.123 e. The molecular weight excluding hydrogens is 287 g/mol. The fraction of sp³-hybridized carbons (Fsp3) is 0.647. The molecule has 1 aliphatic heterocycles. The summed E-state index contributed by atoms with van der Waals surface area (Å²) in [6.45, 7) is 7.20. The van der Waals surface area contributed by atoms with Gasteiger partial charge in [-0.05, 0) is 50.5 Å². The van der Waals surface area contributed by atoms with Gasteiger partial charge >= 0.3 is 0 Å². The molecule has 0 bridgehead atoms. The molecule has 1 saturated heterocycles. The molecule has 4 heteroatoms. The number of nitrogens with one attached hydrogen (secondary N) is 1. The average Bonchev–Trinajstić information content (AvgIpc) is 2.88. The van der Waals surface area contributed by atoms with Crippen LogP contribution in [0.15, 0.2) is 18.2 Å². The number of rotatable bonds is 2. The SMILES string of the molecule is CC1(C)CNC2(CCCC2)CN1Cc1cc(F)ccc1Cl. The van der Waals surface area contributed by atoms with Crippen molar-refractivity contribution in [1.82, 2.24) is 10.2 Å². The van der Waals surface area contributed by atoms with Gasteiger partial charge in [-0.1, -0.05) is 24.4 Å². The molecule has 1 saturated carbocycles. The van der Waals surface area contributed by atoms with Crippen molar-refractivity contribution in [2.45, 2.75) is 57.2 Å². The minimum Gasteiger partial charge on any atom is -0.308 e. The molecule has 1 heterocycles. The highest BCUT2D eigenvalue weighted by atomic mass is 35.5. The molecule has 2 nitrogen and oxygen atoms in total. The molecule has 21 heavy (non-hydrogen) atoms. The Balaban J connectivity index is 1.82. The third kappa shape index (κ3) is 3.10. The summed E-state index contributed by atoms with van der Waals surface area (Å²) < 4.78 is 13.5. The molecule has 116 valence electrons. The van der Waals surface area contributed by atoms with Gasteiger partial charge in [-0.25, -0.2) is 4.39 Å². The first-order valence-corrected chi connectivity index (χ1v) is 8.22. The van der Waals surface area contributed by atoms with Gasteiger partial charge in [0.25, 0.3) is 0 Å². The Hall–Kier alpha value is -0.640. The Morgan fingerprint density at radius 2 is 2.00 bits per heavy atom. The molecule has 0 amide bonds. The summed E-state index contributed by atoms with van der Waals surface area (Å²) in [7, 11) is 0. The number of halogens is 2. The van der Waals surface area contributed by atoms with E-state index in [1.807, 2.05) is 0 Å². The minimum atomic E-state index is -0.210. The van der Waals surface area contributed by atoms with Gasteiger partial charge in [0.2, 0.25) is 0 Å². The first-order chi connectivity index (χ1) is 9.90. The van der Waals surface area contributed by atoms with Gasteiger partial charge in [-0.3, -0.25) is 4.90 Å².